The van der Waals surface area contributed by atoms with Gasteiger partial charge < -0.3 is 10.2 Å². The van der Waals surface area contributed by atoms with E-state index in [1.54, 1.807) is 12.1 Å². The molecular formula is C13H14N2O2S. The second kappa shape index (κ2) is 4.86. The van der Waals surface area contributed by atoms with Crippen molar-refractivity contribution in [3.63, 3.8) is 0 Å². The van der Waals surface area contributed by atoms with Crippen LogP contribution < -0.4 is 5.73 Å². The summed E-state index contributed by atoms with van der Waals surface area (Å²) < 4.78 is 5.48. The molecule has 2 N–H and O–H groups in total. The van der Waals surface area contributed by atoms with Gasteiger partial charge in [0.1, 0.15) is 5.76 Å². The van der Waals surface area contributed by atoms with Gasteiger partial charge in [-0.3, -0.25) is 4.79 Å². The van der Waals surface area contributed by atoms with Crippen LogP contribution in [0.1, 0.15) is 28.7 Å². The fourth-order valence-electron chi connectivity index (χ4n) is 1.51. The number of anilines is 1. The maximum absolute atomic E-state index is 11.3. The van der Waals surface area contributed by atoms with Crippen molar-refractivity contribution in [2.45, 2.75) is 30.9 Å². The maximum Gasteiger partial charge on any atom is 0.260 e. The highest BCUT2D eigenvalue weighted by Gasteiger charge is 2.10. The normalized spacial score (nSPS) is 10.6. The van der Waals surface area contributed by atoms with Crippen LogP contribution in [0.3, 0.4) is 0 Å². The van der Waals surface area contributed by atoms with Crippen molar-refractivity contribution in [1.29, 1.82) is 0 Å². The molecular weight excluding hydrogens is 248 g/mol. The lowest BCUT2D eigenvalue weighted by atomic mass is 10.1. The Hall–Kier alpha value is -1.75. The van der Waals surface area contributed by atoms with E-state index in [0.29, 0.717) is 16.5 Å². The summed E-state index contributed by atoms with van der Waals surface area (Å²) in [5.41, 5.74) is 7.73. The van der Waals surface area contributed by atoms with Gasteiger partial charge in [0.15, 0.2) is 5.78 Å². The third kappa shape index (κ3) is 2.56. The zero-order valence-corrected chi connectivity index (χ0v) is 11.3. The van der Waals surface area contributed by atoms with E-state index < -0.39 is 0 Å². The van der Waals surface area contributed by atoms with Crippen LogP contribution in [0, 0.1) is 13.8 Å². The molecule has 94 valence electrons. The van der Waals surface area contributed by atoms with E-state index in [1.807, 2.05) is 19.9 Å². The number of rotatable bonds is 3. The molecule has 4 nitrogen and oxygen atoms in total. The summed E-state index contributed by atoms with van der Waals surface area (Å²) in [4.78, 5) is 16.4. The number of aryl methyl sites for hydroxylation is 2. The van der Waals surface area contributed by atoms with Crippen LogP contribution in [0.4, 0.5) is 5.69 Å². The molecule has 2 rings (SSSR count). The summed E-state index contributed by atoms with van der Waals surface area (Å²) in [5, 5.41) is 0.583. The molecule has 5 heteroatoms. The molecule has 18 heavy (non-hydrogen) atoms. The number of ketones is 1. The number of benzene rings is 1. The van der Waals surface area contributed by atoms with Gasteiger partial charge in [-0.25, -0.2) is 4.98 Å². The number of nitrogens with two attached hydrogens (primary N) is 1. The van der Waals surface area contributed by atoms with E-state index in [1.165, 1.54) is 18.7 Å². The van der Waals surface area contributed by atoms with Gasteiger partial charge in [0.05, 0.1) is 5.69 Å². The number of hydrogen-bond donors (Lipinski definition) is 1. The third-order valence-corrected chi connectivity index (χ3v) is 3.46. The van der Waals surface area contributed by atoms with Gasteiger partial charge in [-0.15, -0.1) is 0 Å². The highest BCUT2D eigenvalue weighted by molar-refractivity contribution is 7.99. The fourth-order valence-corrected chi connectivity index (χ4v) is 2.39. The monoisotopic (exact) mass is 262 g/mol. The van der Waals surface area contributed by atoms with Crippen molar-refractivity contribution >= 4 is 23.2 Å². The lowest BCUT2D eigenvalue weighted by Crippen LogP contribution is -1.99. The number of carbonyl (C=O) groups excluding carboxylic acids is 1. The molecule has 1 heterocycles. The molecule has 0 atom stereocenters. The average Bonchev–Trinajstić information content (AvgIpc) is 2.57. The molecule has 0 radical (unpaired) electrons. The number of Topliss-reactive ketones (excluding diaryl/α,β-unsaturated/α-hetero) is 1. The van der Waals surface area contributed by atoms with Crippen molar-refractivity contribution in [3.8, 4) is 0 Å². The molecule has 0 unspecified atom stereocenters. The number of hydrogen-bond acceptors (Lipinski definition) is 5. The van der Waals surface area contributed by atoms with Crippen molar-refractivity contribution < 1.29 is 9.21 Å². The zero-order chi connectivity index (χ0) is 13.3. The summed E-state index contributed by atoms with van der Waals surface area (Å²) >= 11 is 1.39. The largest absolute Gasteiger partial charge is 0.436 e. The Morgan fingerprint density at radius 3 is 2.61 bits per heavy atom. The van der Waals surface area contributed by atoms with Gasteiger partial charge in [0.2, 0.25) is 0 Å². The Bertz CT molecular complexity index is 586. The van der Waals surface area contributed by atoms with Crippen LogP contribution in [0.25, 0.3) is 0 Å². The second-order valence-corrected chi connectivity index (χ2v) is 5.05. The van der Waals surface area contributed by atoms with Gasteiger partial charge in [-0.05, 0) is 50.7 Å². The molecule has 0 amide bonds. The topological polar surface area (TPSA) is 69.1 Å². The Morgan fingerprint density at radius 2 is 2.11 bits per heavy atom. The number of nitrogens with zero attached hydrogens (tertiary/aromatic N) is 1. The van der Waals surface area contributed by atoms with E-state index in [0.717, 1.165) is 16.3 Å². The minimum Gasteiger partial charge on any atom is -0.436 e. The summed E-state index contributed by atoms with van der Waals surface area (Å²) in [5.74, 6) is 0.776. The van der Waals surface area contributed by atoms with Crippen LogP contribution in [-0.4, -0.2) is 10.8 Å². The first-order valence-electron chi connectivity index (χ1n) is 5.49. The van der Waals surface area contributed by atoms with E-state index in [9.17, 15) is 4.79 Å². The lowest BCUT2D eigenvalue weighted by Gasteiger charge is -2.03. The van der Waals surface area contributed by atoms with Gasteiger partial charge >= 0.3 is 0 Å². The number of carbonyl (C=O) groups is 1. The molecule has 1 aromatic carbocycles. The summed E-state index contributed by atoms with van der Waals surface area (Å²) in [7, 11) is 0. The highest BCUT2D eigenvalue weighted by atomic mass is 32.2. The molecule has 0 spiro atoms. The van der Waals surface area contributed by atoms with Gasteiger partial charge in [-0.2, -0.15) is 0 Å². The smallest absolute Gasteiger partial charge is 0.260 e. The zero-order valence-electron chi connectivity index (χ0n) is 10.5. The first-order valence-corrected chi connectivity index (χ1v) is 6.31. The highest BCUT2D eigenvalue weighted by Crippen LogP contribution is 2.30. The standard InChI is InChI=1S/C13H14N2O2S/c1-7-9(3)17-13(15-7)18-10-4-5-11(8(2)16)12(14)6-10/h4-6H,14H2,1-3H3. The quantitative estimate of drug-likeness (QED) is 0.679. The molecule has 0 aliphatic carbocycles. The summed E-state index contributed by atoms with van der Waals surface area (Å²) in [6.07, 6.45) is 0. The molecule has 0 saturated heterocycles. The van der Waals surface area contributed by atoms with Crippen molar-refractivity contribution in [2.75, 3.05) is 5.73 Å². The Morgan fingerprint density at radius 1 is 1.39 bits per heavy atom. The van der Waals surface area contributed by atoms with Gasteiger partial charge in [0.25, 0.3) is 5.22 Å². The maximum atomic E-state index is 11.3. The van der Waals surface area contributed by atoms with Crippen molar-refractivity contribution in [3.05, 3.63) is 35.2 Å². The minimum absolute atomic E-state index is 0.0353. The molecule has 0 fully saturated rings. The van der Waals surface area contributed by atoms with Crippen LogP contribution in [0.2, 0.25) is 0 Å². The average molecular weight is 262 g/mol. The van der Waals surface area contributed by atoms with E-state index >= 15 is 0 Å². The Labute approximate surface area is 110 Å². The molecule has 0 saturated carbocycles. The molecule has 0 aliphatic rings. The van der Waals surface area contributed by atoms with Gasteiger partial charge in [0, 0.05) is 16.1 Å². The molecule has 0 bridgehead atoms. The number of aromatic nitrogens is 1. The predicted octanol–water partition coefficient (Wildman–Crippen LogP) is 3.23. The van der Waals surface area contributed by atoms with Crippen molar-refractivity contribution in [1.82, 2.24) is 4.98 Å². The Balaban J connectivity index is 2.25. The SMILES string of the molecule is CC(=O)c1ccc(Sc2nc(C)c(C)o2)cc1N. The van der Waals surface area contributed by atoms with Crippen LogP contribution in [-0.2, 0) is 0 Å². The van der Waals surface area contributed by atoms with Crippen molar-refractivity contribution in [2.24, 2.45) is 0 Å². The van der Waals surface area contributed by atoms with Crippen LogP contribution in [0.15, 0.2) is 32.7 Å². The van der Waals surface area contributed by atoms with E-state index in [2.05, 4.69) is 4.98 Å². The summed E-state index contributed by atoms with van der Waals surface area (Å²) in [6, 6.07) is 5.32. The van der Waals surface area contributed by atoms with Crippen LogP contribution >= 0.6 is 11.8 Å². The molecule has 1 aromatic heterocycles. The molecule has 0 aliphatic heterocycles. The molecule has 2 aromatic rings. The predicted molar refractivity (Wildman–Crippen MR) is 71.0 cm³/mol. The summed E-state index contributed by atoms with van der Waals surface area (Å²) in [6.45, 7) is 5.27. The third-order valence-electron chi connectivity index (χ3n) is 2.62. The number of nitrogen functional groups attached to an aromatic ring is 1. The van der Waals surface area contributed by atoms with E-state index in [4.69, 9.17) is 10.2 Å². The first kappa shape index (κ1) is 12.7. The van der Waals surface area contributed by atoms with Gasteiger partial charge in [-0.1, -0.05) is 0 Å². The van der Waals surface area contributed by atoms with E-state index in [-0.39, 0.29) is 5.78 Å². The van der Waals surface area contributed by atoms with Crippen LogP contribution in [0.5, 0.6) is 0 Å². The number of oxazole rings is 1. The second-order valence-electron chi connectivity index (χ2n) is 4.03. The Kier molecular flexibility index (Phi) is 3.43. The fraction of sp³-hybridized carbons (Fsp3) is 0.231. The first-order chi connectivity index (χ1) is 8.47. The minimum atomic E-state index is -0.0353. The lowest BCUT2D eigenvalue weighted by molar-refractivity contribution is 0.101.